The minimum absolute atomic E-state index is 0.0200. The minimum Gasteiger partial charge on any atom is -0.393 e. The number of fused-ring (bicyclic) bond motifs is 1. The average Bonchev–Trinajstić information content (AvgIpc) is 2.53. The Labute approximate surface area is 65.1 Å². The van der Waals surface area contributed by atoms with Crippen LogP contribution in [0.3, 0.4) is 0 Å². The second-order valence-corrected chi connectivity index (χ2v) is 2.98. The molecule has 64 valence electrons. The quantitative estimate of drug-likeness (QED) is 0.581. The first kappa shape index (κ1) is 7.49. The number of rotatable bonds is 4. The zero-order valence-electron chi connectivity index (χ0n) is 6.40. The molecule has 0 amide bonds. The fourth-order valence-electron chi connectivity index (χ4n) is 1.02. The van der Waals surface area contributed by atoms with Gasteiger partial charge in [-0.05, 0) is 13.3 Å². The molecule has 4 unspecified atom stereocenters. The lowest BCUT2D eigenvalue weighted by atomic mass is 10.3. The van der Waals surface area contributed by atoms with Crippen molar-refractivity contribution in [2.75, 3.05) is 6.61 Å². The molecule has 0 aliphatic carbocycles. The third kappa shape index (κ3) is 1.54. The molecule has 4 atom stereocenters. The van der Waals surface area contributed by atoms with Crippen molar-refractivity contribution >= 4 is 0 Å². The molecule has 4 heteroatoms. The van der Waals surface area contributed by atoms with Crippen molar-refractivity contribution in [2.24, 2.45) is 0 Å². The molecule has 0 aromatic carbocycles. The van der Waals surface area contributed by atoms with Crippen LogP contribution in [0.4, 0.5) is 0 Å². The fourth-order valence-corrected chi connectivity index (χ4v) is 1.02. The Bertz CT molecular complexity index is 147. The molecule has 4 nitrogen and oxygen atoms in total. The average molecular weight is 160 g/mol. The van der Waals surface area contributed by atoms with Gasteiger partial charge in [0.05, 0.1) is 12.7 Å². The maximum Gasteiger partial charge on any atom is 0.192 e. The second-order valence-electron chi connectivity index (χ2n) is 2.98. The molecule has 2 saturated heterocycles. The van der Waals surface area contributed by atoms with Gasteiger partial charge in [-0.25, -0.2) is 0 Å². The van der Waals surface area contributed by atoms with Gasteiger partial charge >= 0.3 is 0 Å². The molecule has 0 saturated carbocycles. The molecule has 2 aliphatic heterocycles. The van der Waals surface area contributed by atoms with Gasteiger partial charge in [0.25, 0.3) is 0 Å². The SMILES string of the molecule is CC(O)CCOC1OC2OC12. The molecular formula is C7H12O4. The van der Waals surface area contributed by atoms with E-state index in [1.165, 1.54) is 0 Å². The van der Waals surface area contributed by atoms with Crippen LogP contribution in [-0.4, -0.2) is 36.5 Å². The van der Waals surface area contributed by atoms with Crippen LogP contribution in [0.2, 0.25) is 0 Å². The molecule has 0 bridgehead atoms. The van der Waals surface area contributed by atoms with Crippen LogP contribution in [0.25, 0.3) is 0 Å². The first-order valence-corrected chi connectivity index (χ1v) is 3.88. The fraction of sp³-hybridized carbons (Fsp3) is 1.00. The number of hydrogen-bond donors (Lipinski definition) is 1. The summed E-state index contributed by atoms with van der Waals surface area (Å²) in [6.07, 6.45) is 0.386. The second kappa shape index (κ2) is 2.71. The highest BCUT2D eigenvalue weighted by Gasteiger charge is 2.59. The summed E-state index contributed by atoms with van der Waals surface area (Å²) in [6, 6.07) is 0. The van der Waals surface area contributed by atoms with Gasteiger partial charge < -0.3 is 19.3 Å². The van der Waals surface area contributed by atoms with Crippen LogP contribution in [0.15, 0.2) is 0 Å². The van der Waals surface area contributed by atoms with E-state index >= 15 is 0 Å². The van der Waals surface area contributed by atoms with E-state index in [0.717, 1.165) is 0 Å². The van der Waals surface area contributed by atoms with E-state index in [9.17, 15) is 0 Å². The molecular weight excluding hydrogens is 148 g/mol. The summed E-state index contributed by atoms with van der Waals surface area (Å²) in [6.45, 7) is 2.27. The first-order valence-electron chi connectivity index (χ1n) is 3.88. The van der Waals surface area contributed by atoms with Crippen LogP contribution in [-0.2, 0) is 14.2 Å². The highest BCUT2D eigenvalue weighted by molar-refractivity contribution is 4.90. The summed E-state index contributed by atoms with van der Waals surface area (Å²) >= 11 is 0. The van der Waals surface area contributed by atoms with Crippen molar-refractivity contribution in [3.8, 4) is 0 Å². The monoisotopic (exact) mass is 160 g/mol. The molecule has 2 heterocycles. The molecule has 11 heavy (non-hydrogen) atoms. The number of hydrogen-bond acceptors (Lipinski definition) is 4. The molecule has 2 rings (SSSR count). The number of ether oxygens (including phenoxy) is 3. The molecule has 0 radical (unpaired) electrons. The third-order valence-electron chi connectivity index (χ3n) is 1.84. The Morgan fingerprint density at radius 1 is 1.55 bits per heavy atom. The van der Waals surface area contributed by atoms with Gasteiger partial charge in [-0.3, -0.25) is 0 Å². The van der Waals surface area contributed by atoms with E-state index < -0.39 is 0 Å². The predicted octanol–water partition coefficient (Wildman–Crippen LogP) is -0.145. The van der Waals surface area contributed by atoms with E-state index in [4.69, 9.17) is 19.3 Å². The Hall–Kier alpha value is -0.160. The van der Waals surface area contributed by atoms with Gasteiger partial charge in [0.2, 0.25) is 0 Å². The summed E-state index contributed by atoms with van der Waals surface area (Å²) in [4.78, 5) is 0. The predicted molar refractivity (Wildman–Crippen MR) is 35.8 cm³/mol. The zero-order chi connectivity index (χ0) is 7.84. The summed E-state index contributed by atoms with van der Waals surface area (Å²) < 4.78 is 15.3. The molecule has 0 aromatic heterocycles. The molecule has 1 N–H and O–H groups in total. The van der Waals surface area contributed by atoms with Crippen molar-refractivity contribution in [1.29, 1.82) is 0 Å². The van der Waals surface area contributed by atoms with Crippen LogP contribution in [0.1, 0.15) is 13.3 Å². The summed E-state index contributed by atoms with van der Waals surface area (Å²) in [5, 5.41) is 8.88. The van der Waals surface area contributed by atoms with Crippen LogP contribution >= 0.6 is 0 Å². The van der Waals surface area contributed by atoms with Crippen LogP contribution in [0, 0.1) is 0 Å². The molecule has 2 aliphatic rings. The van der Waals surface area contributed by atoms with Gasteiger partial charge in [-0.1, -0.05) is 0 Å². The summed E-state index contributed by atoms with van der Waals surface area (Å²) in [7, 11) is 0. The van der Waals surface area contributed by atoms with Gasteiger partial charge in [-0.2, -0.15) is 0 Å². The number of aliphatic hydroxyl groups excluding tert-OH is 1. The molecule has 2 fully saturated rings. The van der Waals surface area contributed by atoms with Crippen molar-refractivity contribution in [2.45, 2.75) is 38.1 Å². The Balaban J connectivity index is 1.53. The zero-order valence-corrected chi connectivity index (χ0v) is 6.40. The maximum atomic E-state index is 8.88. The lowest BCUT2D eigenvalue weighted by Crippen LogP contribution is -2.36. The van der Waals surface area contributed by atoms with E-state index in [1.54, 1.807) is 6.92 Å². The highest BCUT2D eigenvalue weighted by Crippen LogP contribution is 2.40. The summed E-state index contributed by atoms with van der Waals surface area (Å²) in [5.74, 6) is 0. The van der Waals surface area contributed by atoms with Gasteiger partial charge in [-0.15, -0.1) is 0 Å². The van der Waals surface area contributed by atoms with Crippen LogP contribution in [0.5, 0.6) is 0 Å². The number of epoxide rings is 1. The Morgan fingerprint density at radius 2 is 2.36 bits per heavy atom. The lowest BCUT2D eigenvalue weighted by molar-refractivity contribution is -0.203. The lowest BCUT2D eigenvalue weighted by Gasteiger charge is -2.21. The van der Waals surface area contributed by atoms with Crippen LogP contribution < -0.4 is 0 Å². The van der Waals surface area contributed by atoms with Gasteiger partial charge in [0.1, 0.15) is 0 Å². The first-order chi connectivity index (χ1) is 5.27. The van der Waals surface area contributed by atoms with Gasteiger partial charge in [0.15, 0.2) is 18.7 Å². The summed E-state index contributed by atoms with van der Waals surface area (Å²) in [5.41, 5.74) is 0. The molecule has 0 aromatic rings. The van der Waals surface area contributed by atoms with Gasteiger partial charge in [0, 0.05) is 0 Å². The van der Waals surface area contributed by atoms with E-state index in [0.29, 0.717) is 13.0 Å². The topological polar surface area (TPSA) is 51.2 Å². The van der Waals surface area contributed by atoms with E-state index in [2.05, 4.69) is 0 Å². The van der Waals surface area contributed by atoms with Crippen molar-refractivity contribution in [3.63, 3.8) is 0 Å². The largest absolute Gasteiger partial charge is 0.393 e. The van der Waals surface area contributed by atoms with Crippen molar-refractivity contribution < 1.29 is 19.3 Å². The third-order valence-corrected chi connectivity index (χ3v) is 1.84. The smallest absolute Gasteiger partial charge is 0.192 e. The Morgan fingerprint density at radius 3 is 2.82 bits per heavy atom. The Kier molecular flexibility index (Phi) is 1.85. The van der Waals surface area contributed by atoms with E-state index in [1.807, 2.05) is 0 Å². The standard InChI is InChI=1S/C7H12O4/c1-4(8)2-3-9-6-5-7(10-5)11-6/h4-8H,2-3H2,1H3. The number of aliphatic hydroxyl groups is 1. The maximum absolute atomic E-state index is 8.88. The van der Waals surface area contributed by atoms with Crippen molar-refractivity contribution in [3.05, 3.63) is 0 Å². The molecule has 0 spiro atoms. The normalized spacial score (nSPS) is 42.5. The van der Waals surface area contributed by atoms with Crippen molar-refractivity contribution in [1.82, 2.24) is 0 Å². The highest BCUT2D eigenvalue weighted by atomic mass is 16.9. The minimum atomic E-state index is -0.300. The van der Waals surface area contributed by atoms with E-state index in [-0.39, 0.29) is 24.8 Å².